The number of hydrazone groups is 1. The van der Waals surface area contributed by atoms with E-state index in [1.54, 1.807) is 6.07 Å². The third-order valence-electron chi connectivity index (χ3n) is 3.72. The fourth-order valence-corrected chi connectivity index (χ4v) is 2.65. The Labute approximate surface area is 146 Å². The topological polar surface area (TPSA) is 41.9 Å². The van der Waals surface area contributed by atoms with Gasteiger partial charge in [0.05, 0.1) is 12.3 Å². The SMILES string of the molecule is CC(C)(C)Oc1ccc(C2=NN(C(=O)c3cccc(F)c3)CC2)cc1. The average molecular weight is 340 g/mol. The Balaban J connectivity index is 1.74. The van der Waals surface area contributed by atoms with Crippen molar-refractivity contribution in [2.24, 2.45) is 5.10 Å². The molecule has 2 aromatic carbocycles. The molecule has 0 spiro atoms. The summed E-state index contributed by atoms with van der Waals surface area (Å²) in [6.07, 6.45) is 0.667. The Hall–Kier alpha value is -2.69. The molecule has 0 unspecified atom stereocenters. The molecule has 130 valence electrons. The number of benzene rings is 2. The van der Waals surface area contributed by atoms with E-state index in [0.29, 0.717) is 18.5 Å². The van der Waals surface area contributed by atoms with Crippen LogP contribution in [-0.4, -0.2) is 28.8 Å². The van der Waals surface area contributed by atoms with Crippen LogP contribution in [-0.2, 0) is 0 Å². The molecule has 0 bridgehead atoms. The first kappa shape index (κ1) is 17.1. The van der Waals surface area contributed by atoms with Crippen LogP contribution in [0.3, 0.4) is 0 Å². The van der Waals surface area contributed by atoms with Gasteiger partial charge < -0.3 is 4.74 Å². The highest BCUT2D eigenvalue weighted by Gasteiger charge is 2.23. The van der Waals surface area contributed by atoms with Crippen LogP contribution < -0.4 is 4.74 Å². The summed E-state index contributed by atoms with van der Waals surface area (Å²) in [6.45, 7) is 6.48. The second-order valence-corrected chi connectivity index (χ2v) is 6.97. The summed E-state index contributed by atoms with van der Waals surface area (Å²) in [6, 6.07) is 13.4. The van der Waals surface area contributed by atoms with Crippen LogP contribution >= 0.6 is 0 Å². The van der Waals surface area contributed by atoms with E-state index >= 15 is 0 Å². The number of rotatable bonds is 3. The molecule has 0 fully saturated rings. The zero-order valence-corrected chi connectivity index (χ0v) is 14.6. The van der Waals surface area contributed by atoms with Gasteiger partial charge in [-0.15, -0.1) is 0 Å². The molecule has 5 heteroatoms. The maximum absolute atomic E-state index is 13.3. The number of carbonyl (C=O) groups excluding carboxylic acids is 1. The first-order valence-electron chi connectivity index (χ1n) is 8.26. The highest BCUT2D eigenvalue weighted by Crippen LogP contribution is 2.22. The quantitative estimate of drug-likeness (QED) is 0.838. The van der Waals surface area contributed by atoms with Gasteiger partial charge >= 0.3 is 0 Å². The highest BCUT2D eigenvalue weighted by molar-refractivity contribution is 6.04. The molecular formula is C20H21FN2O2. The molecule has 0 N–H and O–H groups in total. The number of halogens is 1. The molecule has 25 heavy (non-hydrogen) atoms. The lowest BCUT2D eigenvalue weighted by atomic mass is 10.1. The molecule has 1 amide bonds. The van der Waals surface area contributed by atoms with Gasteiger partial charge in [-0.05, 0) is 68.8 Å². The van der Waals surface area contributed by atoms with Crippen molar-refractivity contribution in [3.8, 4) is 5.75 Å². The van der Waals surface area contributed by atoms with E-state index in [4.69, 9.17) is 4.74 Å². The minimum Gasteiger partial charge on any atom is -0.488 e. The Morgan fingerprint density at radius 1 is 1.16 bits per heavy atom. The minimum atomic E-state index is -0.427. The van der Waals surface area contributed by atoms with Crippen molar-refractivity contribution in [1.29, 1.82) is 0 Å². The Bertz CT molecular complexity index is 807. The molecule has 0 saturated carbocycles. The van der Waals surface area contributed by atoms with Crippen molar-refractivity contribution in [2.75, 3.05) is 6.54 Å². The first-order valence-corrected chi connectivity index (χ1v) is 8.26. The maximum Gasteiger partial charge on any atom is 0.274 e. The molecule has 1 aliphatic heterocycles. The van der Waals surface area contributed by atoms with E-state index < -0.39 is 5.82 Å². The molecule has 1 heterocycles. The monoisotopic (exact) mass is 340 g/mol. The molecule has 1 aliphatic rings. The molecule has 0 radical (unpaired) electrons. The second kappa shape index (κ2) is 6.67. The van der Waals surface area contributed by atoms with Gasteiger partial charge in [-0.1, -0.05) is 6.07 Å². The van der Waals surface area contributed by atoms with E-state index in [9.17, 15) is 9.18 Å². The standard InChI is InChI=1S/C20H21FN2O2/c1-20(2,3)25-17-9-7-14(8-10-17)18-11-12-23(22-18)19(24)15-5-4-6-16(21)13-15/h4-10,13H,11-12H2,1-3H3. The molecule has 4 nitrogen and oxygen atoms in total. The number of nitrogens with zero attached hydrogens (tertiary/aromatic N) is 2. The summed E-state index contributed by atoms with van der Waals surface area (Å²) in [5, 5.41) is 5.80. The first-order chi connectivity index (χ1) is 11.8. The molecule has 0 atom stereocenters. The lowest BCUT2D eigenvalue weighted by Gasteiger charge is -2.21. The summed E-state index contributed by atoms with van der Waals surface area (Å²) < 4.78 is 19.1. The van der Waals surface area contributed by atoms with Crippen LogP contribution in [0.4, 0.5) is 4.39 Å². The van der Waals surface area contributed by atoms with E-state index in [1.807, 2.05) is 45.0 Å². The van der Waals surface area contributed by atoms with Crippen LogP contribution in [0.5, 0.6) is 5.75 Å². The molecule has 3 rings (SSSR count). The van der Waals surface area contributed by atoms with Gasteiger partial charge in [0.25, 0.3) is 5.91 Å². The van der Waals surface area contributed by atoms with Crippen molar-refractivity contribution in [3.63, 3.8) is 0 Å². The predicted octanol–water partition coefficient (Wildman–Crippen LogP) is 4.25. The molecule has 0 aliphatic carbocycles. The number of carbonyl (C=O) groups is 1. The van der Waals surface area contributed by atoms with Crippen molar-refractivity contribution < 1.29 is 13.9 Å². The zero-order valence-electron chi connectivity index (χ0n) is 14.6. The van der Waals surface area contributed by atoms with Gasteiger partial charge in [0.15, 0.2) is 0 Å². The molecule has 0 saturated heterocycles. The molecular weight excluding hydrogens is 319 g/mol. The Kier molecular flexibility index (Phi) is 4.57. The summed E-state index contributed by atoms with van der Waals surface area (Å²) >= 11 is 0. The van der Waals surface area contributed by atoms with Gasteiger partial charge in [-0.25, -0.2) is 9.40 Å². The van der Waals surface area contributed by atoms with Crippen molar-refractivity contribution in [1.82, 2.24) is 5.01 Å². The predicted molar refractivity (Wildman–Crippen MR) is 95.4 cm³/mol. The normalized spacial score (nSPS) is 14.4. The summed E-state index contributed by atoms with van der Waals surface area (Å²) in [5.41, 5.74) is 1.85. The second-order valence-electron chi connectivity index (χ2n) is 6.97. The van der Waals surface area contributed by atoms with E-state index in [-0.39, 0.29) is 11.5 Å². The maximum atomic E-state index is 13.3. The Morgan fingerprint density at radius 3 is 2.52 bits per heavy atom. The smallest absolute Gasteiger partial charge is 0.274 e. The fourth-order valence-electron chi connectivity index (χ4n) is 2.65. The van der Waals surface area contributed by atoms with Gasteiger partial charge in [-0.3, -0.25) is 4.79 Å². The largest absolute Gasteiger partial charge is 0.488 e. The van der Waals surface area contributed by atoms with Gasteiger partial charge in [0.2, 0.25) is 0 Å². The van der Waals surface area contributed by atoms with Gasteiger partial charge in [0.1, 0.15) is 17.2 Å². The zero-order chi connectivity index (χ0) is 18.0. The molecule has 2 aromatic rings. The average Bonchev–Trinajstić information content (AvgIpc) is 3.03. The van der Waals surface area contributed by atoms with E-state index in [1.165, 1.54) is 23.2 Å². The highest BCUT2D eigenvalue weighted by atomic mass is 19.1. The minimum absolute atomic E-state index is 0.249. The van der Waals surface area contributed by atoms with Crippen LogP contribution in [0.25, 0.3) is 0 Å². The lowest BCUT2D eigenvalue weighted by Crippen LogP contribution is -2.23. The number of hydrogen-bond donors (Lipinski definition) is 0. The van der Waals surface area contributed by atoms with Crippen LogP contribution in [0.2, 0.25) is 0 Å². The van der Waals surface area contributed by atoms with Crippen molar-refractivity contribution in [3.05, 3.63) is 65.5 Å². The van der Waals surface area contributed by atoms with Crippen LogP contribution in [0.15, 0.2) is 53.6 Å². The third kappa shape index (κ3) is 4.24. The Morgan fingerprint density at radius 2 is 1.88 bits per heavy atom. The molecule has 0 aromatic heterocycles. The fraction of sp³-hybridized carbons (Fsp3) is 0.300. The third-order valence-corrected chi connectivity index (χ3v) is 3.72. The number of ether oxygens (including phenoxy) is 1. The number of amides is 1. The van der Waals surface area contributed by atoms with E-state index in [0.717, 1.165) is 17.0 Å². The van der Waals surface area contributed by atoms with Crippen LogP contribution in [0, 0.1) is 5.82 Å². The van der Waals surface area contributed by atoms with Crippen LogP contribution in [0.1, 0.15) is 43.1 Å². The summed E-state index contributed by atoms with van der Waals surface area (Å²) in [7, 11) is 0. The lowest BCUT2D eigenvalue weighted by molar-refractivity contribution is 0.0778. The number of hydrogen-bond acceptors (Lipinski definition) is 3. The van der Waals surface area contributed by atoms with Crippen molar-refractivity contribution >= 4 is 11.6 Å². The summed E-state index contributed by atoms with van der Waals surface area (Å²) in [5.74, 6) is 0.0772. The van der Waals surface area contributed by atoms with Crippen molar-refractivity contribution in [2.45, 2.75) is 32.8 Å². The summed E-state index contributed by atoms with van der Waals surface area (Å²) in [4.78, 5) is 12.4. The van der Waals surface area contributed by atoms with Gasteiger partial charge in [0, 0.05) is 12.0 Å². The van der Waals surface area contributed by atoms with Gasteiger partial charge in [-0.2, -0.15) is 5.10 Å². The van der Waals surface area contributed by atoms with E-state index in [2.05, 4.69) is 5.10 Å².